The van der Waals surface area contributed by atoms with Crippen molar-refractivity contribution in [2.75, 3.05) is 0 Å². The number of fused-ring (bicyclic) bond motifs is 2. The van der Waals surface area contributed by atoms with Crippen molar-refractivity contribution in [3.63, 3.8) is 0 Å². The van der Waals surface area contributed by atoms with Gasteiger partial charge in [-0.25, -0.2) is 4.79 Å². The number of hydrogen-bond acceptors (Lipinski definition) is 6. The number of aliphatic carboxylic acids is 1. The topological polar surface area (TPSA) is 113 Å². The molecule has 7 nitrogen and oxygen atoms in total. The number of amides is 1. The molecule has 1 atom stereocenters. The third-order valence-corrected chi connectivity index (χ3v) is 6.31. The minimum Gasteiger partial charge on any atom is -0.548 e. The van der Waals surface area contributed by atoms with E-state index in [1.807, 2.05) is 42.5 Å². The highest BCUT2D eigenvalue weighted by Crippen LogP contribution is 2.34. The zero-order valence-corrected chi connectivity index (χ0v) is 19.4. The third kappa shape index (κ3) is 4.51. The van der Waals surface area contributed by atoms with Crippen molar-refractivity contribution < 1.29 is 23.5 Å². The number of carbonyl (C=O) groups excluding carboxylic acids is 2. The van der Waals surface area contributed by atoms with Gasteiger partial charge >= 0.3 is 5.63 Å². The average Bonchev–Trinajstić information content (AvgIpc) is 3.29. The van der Waals surface area contributed by atoms with Gasteiger partial charge in [0.1, 0.15) is 11.2 Å². The van der Waals surface area contributed by atoms with Gasteiger partial charge in [0, 0.05) is 22.4 Å². The van der Waals surface area contributed by atoms with Crippen LogP contribution >= 0.6 is 0 Å². The van der Waals surface area contributed by atoms with E-state index in [4.69, 9.17) is 8.83 Å². The van der Waals surface area contributed by atoms with E-state index >= 15 is 0 Å². The molecule has 1 N–H and O–H groups in total. The van der Waals surface area contributed by atoms with Crippen LogP contribution in [-0.4, -0.2) is 17.9 Å². The molecular formula is C29H22NO6-. The Morgan fingerprint density at radius 1 is 0.944 bits per heavy atom. The standard InChI is InChI=1S/C29H23NO6/c1-17-20-13-22-23(19-10-6-3-7-11-19)16-35-25(22)15-26(20)36-29(34)21(17)14-27(31)30-24(28(32)33)12-18-8-4-2-5-9-18/h2-11,13,15-16,24H,12,14H2,1H3,(H,30,31)(H,32,33)/p-1/t24-/m0/s1. The number of furan rings is 1. The molecule has 0 saturated carbocycles. The number of carbonyl (C=O) groups is 2. The van der Waals surface area contributed by atoms with Gasteiger partial charge in [0.25, 0.3) is 0 Å². The van der Waals surface area contributed by atoms with Crippen LogP contribution in [0.2, 0.25) is 0 Å². The highest BCUT2D eigenvalue weighted by molar-refractivity contribution is 6.02. The maximum Gasteiger partial charge on any atom is 0.340 e. The van der Waals surface area contributed by atoms with E-state index in [1.165, 1.54) is 0 Å². The lowest BCUT2D eigenvalue weighted by Gasteiger charge is -2.20. The van der Waals surface area contributed by atoms with Gasteiger partial charge in [0.15, 0.2) is 0 Å². The smallest absolute Gasteiger partial charge is 0.340 e. The van der Waals surface area contributed by atoms with Gasteiger partial charge in [-0.05, 0) is 36.1 Å². The lowest BCUT2D eigenvalue weighted by atomic mass is 9.99. The lowest BCUT2D eigenvalue weighted by molar-refractivity contribution is -0.308. The summed E-state index contributed by atoms with van der Waals surface area (Å²) in [6, 6.07) is 21.0. The normalized spacial score (nSPS) is 12.0. The van der Waals surface area contributed by atoms with Crippen molar-refractivity contribution in [3.8, 4) is 11.1 Å². The van der Waals surface area contributed by atoms with Gasteiger partial charge in [-0.15, -0.1) is 0 Å². The average molecular weight is 480 g/mol. The minimum atomic E-state index is -1.40. The summed E-state index contributed by atoms with van der Waals surface area (Å²) in [7, 11) is 0. The molecule has 36 heavy (non-hydrogen) atoms. The monoisotopic (exact) mass is 480 g/mol. The lowest BCUT2D eigenvalue weighted by Crippen LogP contribution is -2.49. The fourth-order valence-corrected chi connectivity index (χ4v) is 4.40. The van der Waals surface area contributed by atoms with E-state index in [1.54, 1.807) is 43.5 Å². The number of carboxylic acids is 1. The summed E-state index contributed by atoms with van der Waals surface area (Å²) in [6.45, 7) is 1.75. The van der Waals surface area contributed by atoms with Gasteiger partial charge in [-0.2, -0.15) is 0 Å². The summed E-state index contributed by atoms with van der Waals surface area (Å²) < 4.78 is 11.2. The van der Waals surface area contributed by atoms with Crippen LogP contribution in [0.5, 0.6) is 0 Å². The summed E-state index contributed by atoms with van der Waals surface area (Å²) in [5, 5.41) is 15.6. The van der Waals surface area contributed by atoms with E-state index in [-0.39, 0.29) is 18.4 Å². The van der Waals surface area contributed by atoms with Crippen molar-refractivity contribution in [3.05, 3.63) is 106 Å². The van der Waals surface area contributed by atoms with E-state index in [0.29, 0.717) is 22.1 Å². The predicted octanol–water partition coefficient (Wildman–Crippen LogP) is 3.53. The molecule has 0 aliphatic heterocycles. The summed E-state index contributed by atoms with van der Waals surface area (Å²) in [4.78, 5) is 37.2. The highest BCUT2D eigenvalue weighted by atomic mass is 16.4. The molecule has 0 aliphatic carbocycles. The Balaban J connectivity index is 1.46. The molecular weight excluding hydrogens is 458 g/mol. The highest BCUT2D eigenvalue weighted by Gasteiger charge is 2.20. The fraction of sp³-hybridized carbons (Fsp3) is 0.138. The van der Waals surface area contributed by atoms with Crippen molar-refractivity contribution in [2.24, 2.45) is 0 Å². The number of rotatable bonds is 7. The molecule has 0 saturated heterocycles. The summed E-state index contributed by atoms with van der Waals surface area (Å²) >= 11 is 0. The Labute approximate surface area is 206 Å². The number of carboxylic acid groups (broad SMARTS) is 1. The molecule has 180 valence electrons. The van der Waals surface area contributed by atoms with Crippen LogP contribution in [0, 0.1) is 6.92 Å². The van der Waals surface area contributed by atoms with E-state index in [2.05, 4.69) is 5.32 Å². The molecule has 7 heteroatoms. The molecule has 5 aromatic rings. The molecule has 2 heterocycles. The van der Waals surface area contributed by atoms with Crippen LogP contribution in [0.25, 0.3) is 33.1 Å². The minimum absolute atomic E-state index is 0.0704. The number of nitrogens with one attached hydrogen (secondary N) is 1. The van der Waals surface area contributed by atoms with Crippen LogP contribution in [-0.2, 0) is 22.4 Å². The largest absolute Gasteiger partial charge is 0.548 e. The number of aryl methyl sites for hydroxylation is 1. The van der Waals surface area contributed by atoms with Crippen molar-refractivity contribution >= 4 is 33.8 Å². The molecule has 3 aromatic carbocycles. The van der Waals surface area contributed by atoms with Crippen LogP contribution in [0.1, 0.15) is 16.7 Å². The molecule has 0 aliphatic rings. The maximum absolute atomic E-state index is 12.8. The molecule has 0 radical (unpaired) electrons. The number of hydrogen-bond donors (Lipinski definition) is 1. The zero-order valence-electron chi connectivity index (χ0n) is 19.4. The molecule has 0 bridgehead atoms. The molecule has 0 unspecified atom stereocenters. The predicted molar refractivity (Wildman–Crippen MR) is 133 cm³/mol. The Bertz CT molecular complexity index is 1630. The summed E-state index contributed by atoms with van der Waals surface area (Å²) in [6.07, 6.45) is 1.41. The third-order valence-electron chi connectivity index (χ3n) is 6.31. The first-order valence-corrected chi connectivity index (χ1v) is 11.5. The van der Waals surface area contributed by atoms with E-state index < -0.39 is 23.5 Å². The van der Waals surface area contributed by atoms with Crippen molar-refractivity contribution in [2.45, 2.75) is 25.8 Å². The van der Waals surface area contributed by atoms with Gasteiger partial charge < -0.3 is 24.1 Å². The van der Waals surface area contributed by atoms with Gasteiger partial charge in [-0.1, -0.05) is 60.7 Å². The van der Waals surface area contributed by atoms with Crippen LogP contribution < -0.4 is 16.0 Å². The molecule has 2 aromatic heterocycles. The first-order chi connectivity index (χ1) is 17.4. The Kier molecular flexibility index (Phi) is 6.12. The first-order valence-electron chi connectivity index (χ1n) is 11.5. The molecule has 5 rings (SSSR count). The molecule has 0 spiro atoms. The summed E-state index contributed by atoms with van der Waals surface area (Å²) in [5.41, 5.74) is 3.65. The van der Waals surface area contributed by atoms with Gasteiger partial charge in [0.05, 0.1) is 30.3 Å². The second kappa shape index (κ2) is 9.54. The Morgan fingerprint density at radius 3 is 2.33 bits per heavy atom. The van der Waals surface area contributed by atoms with E-state index in [0.717, 1.165) is 22.1 Å². The van der Waals surface area contributed by atoms with Gasteiger partial charge in [0.2, 0.25) is 5.91 Å². The first kappa shape index (κ1) is 23.1. The number of benzene rings is 3. The second-order valence-electron chi connectivity index (χ2n) is 8.66. The summed E-state index contributed by atoms with van der Waals surface area (Å²) in [5.74, 6) is -2.01. The van der Waals surface area contributed by atoms with Crippen LogP contribution in [0.4, 0.5) is 0 Å². The maximum atomic E-state index is 12.8. The zero-order chi connectivity index (χ0) is 25.2. The quantitative estimate of drug-likeness (QED) is 0.357. The van der Waals surface area contributed by atoms with Crippen LogP contribution in [0.15, 0.2) is 92.7 Å². The SMILES string of the molecule is Cc1c(CC(=O)N[C@@H](Cc2ccccc2)C(=O)[O-])c(=O)oc2cc3occ(-c4ccccc4)c3cc12. The van der Waals surface area contributed by atoms with Crippen molar-refractivity contribution in [1.29, 1.82) is 0 Å². The van der Waals surface area contributed by atoms with Crippen LogP contribution in [0.3, 0.4) is 0 Å². The van der Waals surface area contributed by atoms with E-state index in [9.17, 15) is 19.5 Å². The van der Waals surface area contributed by atoms with Gasteiger partial charge in [-0.3, -0.25) is 4.79 Å². The van der Waals surface area contributed by atoms with Crippen molar-refractivity contribution in [1.82, 2.24) is 5.32 Å². The Hall–Kier alpha value is -4.65. The Morgan fingerprint density at radius 2 is 1.64 bits per heavy atom. The second-order valence-corrected chi connectivity index (χ2v) is 8.66. The molecule has 1 amide bonds. The molecule has 0 fully saturated rings. The fourth-order valence-electron chi connectivity index (χ4n) is 4.40.